The van der Waals surface area contributed by atoms with Gasteiger partial charge in [-0.25, -0.2) is 15.0 Å². The van der Waals surface area contributed by atoms with Crippen molar-refractivity contribution < 1.29 is 4.42 Å². The topological polar surface area (TPSA) is 51.8 Å². The van der Waals surface area contributed by atoms with Crippen LogP contribution in [0.15, 0.2) is 168 Å². The lowest BCUT2D eigenvalue weighted by atomic mass is 9.93. The molecule has 4 heteroatoms. The van der Waals surface area contributed by atoms with Crippen LogP contribution in [0, 0.1) is 0 Å². The molecular weight excluding hydrogens is 623 g/mol. The van der Waals surface area contributed by atoms with Crippen LogP contribution in [-0.2, 0) is 0 Å². The number of nitrogens with zero attached hydrogens (tertiary/aromatic N) is 3. The molecular formula is C47H31N3O. The molecule has 0 fully saturated rings. The highest BCUT2D eigenvalue weighted by Gasteiger charge is 2.19. The monoisotopic (exact) mass is 653 g/mol. The van der Waals surface area contributed by atoms with Crippen molar-refractivity contribution in [3.05, 3.63) is 170 Å². The maximum atomic E-state index is 6.46. The molecule has 2 heterocycles. The molecule has 240 valence electrons. The van der Waals surface area contributed by atoms with E-state index in [-0.39, 0.29) is 0 Å². The van der Waals surface area contributed by atoms with E-state index >= 15 is 0 Å². The number of furan rings is 1. The predicted octanol–water partition coefficient (Wildman–Crippen LogP) is 12.5. The molecule has 1 aliphatic carbocycles. The summed E-state index contributed by atoms with van der Waals surface area (Å²) in [5, 5.41) is 7.03. The largest absolute Gasteiger partial charge is 0.456 e. The number of rotatable bonds is 5. The fourth-order valence-corrected chi connectivity index (χ4v) is 7.45. The molecule has 10 rings (SSSR count). The summed E-state index contributed by atoms with van der Waals surface area (Å²) in [7, 11) is 0. The summed E-state index contributed by atoms with van der Waals surface area (Å²) in [4.78, 5) is 15.3. The predicted molar refractivity (Wildman–Crippen MR) is 210 cm³/mol. The summed E-state index contributed by atoms with van der Waals surface area (Å²) in [6.45, 7) is 0. The van der Waals surface area contributed by atoms with Crippen molar-refractivity contribution in [3.8, 4) is 45.0 Å². The molecule has 0 radical (unpaired) electrons. The molecule has 7 aromatic carbocycles. The zero-order valence-electron chi connectivity index (χ0n) is 27.8. The fraction of sp³-hybridized carbons (Fsp3) is 0.0426. The van der Waals surface area contributed by atoms with Gasteiger partial charge < -0.3 is 4.42 Å². The first-order valence-corrected chi connectivity index (χ1v) is 17.4. The molecule has 4 nitrogen and oxygen atoms in total. The fourth-order valence-electron chi connectivity index (χ4n) is 7.45. The Hall–Kier alpha value is -6.65. The third-order valence-electron chi connectivity index (χ3n) is 9.96. The van der Waals surface area contributed by atoms with Gasteiger partial charge >= 0.3 is 0 Å². The number of hydrogen-bond acceptors (Lipinski definition) is 4. The Morgan fingerprint density at radius 1 is 0.431 bits per heavy atom. The van der Waals surface area contributed by atoms with Crippen LogP contribution < -0.4 is 0 Å². The molecule has 0 aliphatic heterocycles. The highest BCUT2D eigenvalue weighted by atomic mass is 16.3. The van der Waals surface area contributed by atoms with Crippen molar-refractivity contribution in [1.29, 1.82) is 0 Å². The first-order chi connectivity index (χ1) is 25.3. The van der Waals surface area contributed by atoms with E-state index in [4.69, 9.17) is 19.4 Å². The van der Waals surface area contributed by atoms with E-state index in [1.807, 2.05) is 18.2 Å². The first-order valence-electron chi connectivity index (χ1n) is 17.4. The Bertz CT molecular complexity index is 2850. The summed E-state index contributed by atoms with van der Waals surface area (Å²) >= 11 is 0. The summed E-state index contributed by atoms with van der Waals surface area (Å²) in [6.07, 6.45) is 8.51. The minimum atomic E-state index is 0.625. The van der Waals surface area contributed by atoms with Crippen molar-refractivity contribution in [1.82, 2.24) is 15.0 Å². The van der Waals surface area contributed by atoms with E-state index in [0.29, 0.717) is 17.5 Å². The third kappa shape index (κ3) is 5.12. The Morgan fingerprint density at radius 2 is 1.16 bits per heavy atom. The number of fused-ring (bicyclic) bond motifs is 6. The standard InChI is InChI=1S/C47H31N3O/c1-3-12-30(13-4-1)34-26-27-39-43(29-34)51-42-21-11-20-40(44(39)42)47-49-45(32-14-5-2-6-15-32)48-46(50-47)33-24-22-31(23-25-33)41-28-35-16-7-8-17-36(35)37-18-9-10-19-38(37)41/h1,3-5,7-29H,2,6H2. The second-order valence-corrected chi connectivity index (χ2v) is 13.1. The summed E-state index contributed by atoms with van der Waals surface area (Å²) in [6, 6.07) is 51.1. The van der Waals surface area contributed by atoms with E-state index in [0.717, 1.165) is 68.2 Å². The Balaban J connectivity index is 1.11. The van der Waals surface area contributed by atoms with Crippen molar-refractivity contribution in [2.75, 3.05) is 0 Å². The lowest BCUT2D eigenvalue weighted by molar-refractivity contribution is 0.669. The van der Waals surface area contributed by atoms with Crippen LogP contribution in [0.2, 0.25) is 0 Å². The summed E-state index contributed by atoms with van der Waals surface area (Å²) in [5.74, 6) is 1.94. The normalized spacial score (nSPS) is 13.0. The van der Waals surface area contributed by atoms with Crippen LogP contribution in [-0.4, -0.2) is 15.0 Å². The molecule has 1 aliphatic rings. The van der Waals surface area contributed by atoms with Crippen LogP contribution in [0.5, 0.6) is 0 Å². The van der Waals surface area contributed by atoms with Crippen molar-refractivity contribution in [2.24, 2.45) is 0 Å². The van der Waals surface area contributed by atoms with Gasteiger partial charge in [-0.1, -0.05) is 140 Å². The second kappa shape index (κ2) is 12.0. The summed E-state index contributed by atoms with van der Waals surface area (Å²) < 4.78 is 6.46. The van der Waals surface area contributed by atoms with E-state index < -0.39 is 0 Å². The number of allylic oxidation sites excluding steroid dienone is 4. The molecule has 0 saturated carbocycles. The Labute approximate surface area is 295 Å². The molecule has 0 unspecified atom stereocenters. The molecule has 0 N–H and O–H groups in total. The van der Waals surface area contributed by atoms with Gasteiger partial charge in [-0.15, -0.1) is 0 Å². The van der Waals surface area contributed by atoms with Gasteiger partial charge in [0.1, 0.15) is 11.2 Å². The summed E-state index contributed by atoms with van der Waals surface area (Å²) in [5.41, 5.74) is 9.14. The van der Waals surface area contributed by atoms with Crippen LogP contribution in [0.4, 0.5) is 0 Å². The molecule has 0 spiro atoms. The van der Waals surface area contributed by atoms with Gasteiger partial charge in [-0.05, 0) is 80.9 Å². The van der Waals surface area contributed by atoms with Gasteiger partial charge in [0, 0.05) is 27.5 Å². The van der Waals surface area contributed by atoms with Gasteiger partial charge in [-0.2, -0.15) is 0 Å². The van der Waals surface area contributed by atoms with Crippen molar-refractivity contribution >= 4 is 49.1 Å². The minimum absolute atomic E-state index is 0.625. The van der Waals surface area contributed by atoms with Crippen molar-refractivity contribution in [2.45, 2.75) is 12.8 Å². The molecule has 2 aromatic heterocycles. The van der Waals surface area contributed by atoms with Crippen molar-refractivity contribution in [3.63, 3.8) is 0 Å². The molecule has 0 bridgehead atoms. The van der Waals surface area contributed by atoms with E-state index in [2.05, 4.69) is 146 Å². The Kier molecular flexibility index (Phi) is 6.91. The SMILES string of the molecule is C1=CC(c2nc(-c3ccc(-c4cc5ccccc5c5ccccc45)cc3)nc(-c3cccc4oc5cc(-c6ccccc6)ccc5c34)n2)=CCC1. The molecule has 0 amide bonds. The van der Waals surface area contributed by atoms with Crippen LogP contribution >= 0.6 is 0 Å². The maximum absolute atomic E-state index is 6.46. The average molecular weight is 654 g/mol. The quantitative estimate of drug-likeness (QED) is 0.173. The van der Waals surface area contributed by atoms with Gasteiger partial charge in [-0.3, -0.25) is 0 Å². The zero-order chi connectivity index (χ0) is 33.7. The molecule has 51 heavy (non-hydrogen) atoms. The van der Waals surface area contributed by atoms with Gasteiger partial charge in [0.2, 0.25) is 0 Å². The lowest BCUT2D eigenvalue weighted by Crippen LogP contribution is -2.03. The Morgan fingerprint density at radius 3 is 2.00 bits per heavy atom. The van der Waals surface area contributed by atoms with Gasteiger partial charge in [0.15, 0.2) is 17.5 Å². The molecule has 0 saturated heterocycles. The highest BCUT2D eigenvalue weighted by molar-refractivity contribution is 6.14. The zero-order valence-corrected chi connectivity index (χ0v) is 27.8. The molecule has 0 atom stereocenters. The lowest BCUT2D eigenvalue weighted by Gasteiger charge is -2.13. The van der Waals surface area contributed by atoms with E-state index in [1.54, 1.807) is 0 Å². The third-order valence-corrected chi connectivity index (χ3v) is 9.96. The smallest absolute Gasteiger partial charge is 0.164 e. The van der Waals surface area contributed by atoms with Crippen LogP contribution in [0.3, 0.4) is 0 Å². The van der Waals surface area contributed by atoms with Gasteiger partial charge in [0.05, 0.1) is 0 Å². The minimum Gasteiger partial charge on any atom is -0.456 e. The van der Waals surface area contributed by atoms with E-state index in [9.17, 15) is 0 Å². The van der Waals surface area contributed by atoms with Gasteiger partial charge in [0.25, 0.3) is 0 Å². The number of aromatic nitrogens is 3. The van der Waals surface area contributed by atoms with Crippen LogP contribution in [0.25, 0.3) is 94.1 Å². The average Bonchev–Trinajstić information content (AvgIpc) is 3.59. The number of hydrogen-bond donors (Lipinski definition) is 0. The maximum Gasteiger partial charge on any atom is 0.164 e. The van der Waals surface area contributed by atoms with Crippen LogP contribution in [0.1, 0.15) is 18.7 Å². The second-order valence-electron chi connectivity index (χ2n) is 13.1. The molecule has 9 aromatic rings. The van der Waals surface area contributed by atoms with E-state index in [1.165, 1.54) is 27.1 Å². The first kappa shape index (κ1) is 29.3. The number of benzene rings is 7. The highest BCUT2D eigenvalue weighted by Crippen LogP contribution is 2.39.